The van der Waals surface area contributed by atoms with E-state index in [-0.39, 0.29) is 11.7 Å². The van der Waals surface area contributed by atoms with Crippen molar-refractivity contribution in [3.8, 4) is 11.5 Å². The monoisotopic (exact) mass is 591 g/mol. The number of aromatic hydroxyl groups is 1. The Kier molecular flexibility index (Phi) is 6.77. The van der Waals surface area contributed by atoms with Crippen molar-refractivity contribution in [2.75, 3.05) is 5.32 Å². The van der Waals surface area contributed by atoms with Crippen LogP contribution in [0.1, 0.15) is 38.0 Å². The molecule has 0 aliphatic carbocycles. The summed E-state index contributed by atoms with van der Waals surface area (Å²) in [5, 5.41) is 15.0. The van der Waals surface area contributed by atoms with Gasteiger partial charge in [-0.2, -0.15) is 0 Å². The zero-order chi connectivity index (χ0) is 25.1. The molecule has 0 aromatic heterocycles. The number of phenols is 1. The van der Waals surface area contributed by atoms with Crippen molar-refractivity contribution in [1.82, 2.24) is 10.4 Å². The fraction of sp³-hybridized carbons (Fsp3) is 0.0714. The molecule has 0 fully saturated rings. The number of hydrogen-bond acceptors (Lipinski definition) is 5. The van der Waals surface area contributed by atoms with Gasteiger partial charge in [-0.1, -0.05) is 48.5 Å². The molecule has 0 saturated heterocycles. The number of nitrogens with one attached hydrogen (secondary N) is 2. The third-order valence-corrected chi connectivity index (χ3v) is 6.47. The lowest BCUT2D eigenvalue weighted by molar-refractivity contribution is 0.0488. The number of halogens is 1. The van der Waals surface area contributed by atoms with E-state index < -0.39 is 12.1 Å². The number of ether oxygens (including phenoxy) is 1. The van der Waals surface area contributed by atoms with Gasteiger partial charge in [-0.15, -0.1) is 0 Å². The third-order valence-electron chi connectivity index (χ3n) is 5.80. The quantitative estimate of drug-likeness (QED) is 0.258. The van der Waals surface area contributed by atoms with E-state index in [9.17, 15) is 14.7 Å². The summed E-state index contributed by atoms with van der Waals surface area (Å²) in [5.41, 5.74) is 5.64. The highest BCUT2D eigenvalue weighted by atomic mass is 127. The number of amides is 2. The first-order valence-electron chi connectivity index (χ1n) is 11.2. The van der Waals surface area contributed by atoms with E-state index in [0.29, 0.717) is 34.7 Å². The summed E-state index contributed by atoms with van der Waals surface area (Å²) in [7, 11) is 0. The van der Waals surface area contributed by atoms with Crippen molar-refractivity contribution in [1.29, 1.82) is 0 Å². The minimum Gasteiger partial charge on any atom is -0.508 e. The molecule has 180 valence electrons. The predicted molar refractivity (Wildman–Crippen MR) is 144 cm³/mol. The van der Waals surface area contributed by atoms with Gasteiger partial charge in [0.05, 0.1) is 5.56 Å². The van der Waals surface area contributed by atoms with Gasteiger partial charge >= 0.3 is 0 Å². The van der Waals surface area contributed by atoms with Crippen LogP contribution in [0, 0.1) is 3.57 Å². The highest BCUT2D eigenvalue weighted by Gasteiger charge is 2.36. The molecule has 7 nitrogen and oxygen atoms in total. The fourth-order valence-electron chi connectivity index (χ4n) is 3.95. The van der Waals surface area contributed by atoms with E-state index in [2.05, 4.69) is 33.3 Å². The minimum atomic E-state index is -0.802. The van der Waals surface area contributed by atoms with Gasteiger partial charge in [0.2, 0.25) is 0 Å². The van der Waals surface area contributed by atoms with Crippen LogP contribution in [-0.4, -0.2) is 21.9 Å². The van der Waals surface area contributed by atoms with Crippen LogP contribution in [0.25, 0.3) is 0 Å². The lowest BCUT2D eigenvalue weighted by atomic mass is 10.0. The molecular weight excluding hydrogens is 569 g/mol. The number of benzene rings is 4. The van der Waals surface area contributed by atoms with E-state index in [1.807, 2.05) is 42.5 Å². The van der Waals surface area contributed by atoms with Crippen LogP contribution in [0.4, 0.5) is 5.69 Å². The first kappa shape index (κ1) is 23.7. The molecule has 4 aromatic rings. The number of hydrazine groups is 1. The van der Waals surface area contributed by atoms with Gasteiger partial charge in [-0.05, 0) is 76.7 Å². The summed E-state index contributed by atoms with van der Waals surface area (Å²) in [6.07, 6.45) is -0.802. The third kappa shape index (κ3) is 4.99. The number of carbonyl (C=O) groups excluding carboxylic acids is 2. The molecule has 0 bridgehead atoms. The topological polar surface area (TPSA) is 90.9 Å². The Labute approximate surface area is 221 Å². The van der Waals surface area contributed by atoms with Crippen LogP contribution in [-0.2, 0) is 6.61 Å². The number of carbonyl (C=O) groups is 2. The number of rotatable bonds is 6. The number of hydrogen-bond donors (Lipinski definition) is 3. The molecule has 0 spiro atoms. The Hall–Kier alpha value is -4.05. The smallest absolute Gasteiger partial charge is 0.276 e. The maximum Gasteiger partial charge on any atom is 0.276 e. The number of para-hydroxylation sites is 1. The fourth-order valence-corrected chi connectivity index (χ4v) is 4.44. The molecule has 5 rings (SSSR count). The van der Waals surface area contributed by atoms with Gasteiger partial charge in [0.1, 0.15) is 18.1 Å². The van der Waals surface area contributed by atoms with Gasteiger partial charge < -0.3 is 15.2 Å². The molecule has 36 heavy (non-hydrogen) atoms. The van der Waals surface area contributed by atoms with E-state index in [1.54, 1.807) is 54.6 Å². The van der Waals surface area contributed by atoms with Crippen LogP contribution < -0.4 is 15.5 Å². The molecule has 0 unspecified atom stereocenters. The highest BCUT2D eigenvalue weighted by Crippen LogP contribution is 2.36. The average molecular weight is 591 g/mol. The second-order valence-corrected chi connectivity index (χ2v) is 9.46. The van der Waals surface area contributed by atoms with Gasteiger partial charge in [-0.25, -0.2) is 5.01 Å². The van der Waals surface area contributed by atoms with Crippen LogP contribution in [0.3, 0.4) is 0 Å². The summed E-state index contributed by atoms with van der Waals surface area (Å²) in [6, 6.07) is 28.7. The van der Waals surface area contributed by atoms with Gasteiger partial charge in [0, 0.05) is 20.4 Å². The molecule has 0 radical (unpaired) electrons. The maximum atomic E-state index is 13.5. The number of anilines is 1. The van der Waals surface area contributed by atoms with E-state index >= 15 is 0 Å². The molecule has 8 heteroatoms. The molecule has 1 aliphatic heterocycles. The van der Waals surface area contributed by atoms with Crippen molar-refractivity contribution in [2.45, 2.75) is 12.8 Å². The Morgan fingerprint density at radius 1 is 0.972 bits per heavy atom. The lowest BCUT2D eigenvalue weighted by Gasteiger charge is -2.38. The van der Waals surface area contributed by atoms with Gasteiger partial charge in [0.15, 0.2) is 6.17 Å². The zero-order valence-corrected chi connectivity index (χ0v) is 21.2. The van der Waals surface area contributed by atoms with Gasteiger partial charge in [0.25, 0.3) is 11.8 Å². The molecule has 2 amide bonds. The SMILES string of the molecule is O=C(NN1C(=O)c2cc(I)ccc2N[C@@H]1c1ccccc1O)c1ccc(OCc2ccccc2)cc1. The molecule has 1 aliphatic rings. The number of nitrogens with zero attached hydrogens (tertiary/aromatic N) is 1. The molecule has 4 aromatic carbocycles. The standard InChI is InChI=1S/C28H22IN3O4/c29-20-12-15-24-23(16-20)28(35)32(26(30-24)22-8-4-5-9-25(22)33)31-27(34)19-10-13-21(14-11-19)36-17-18-6-2-1-3-7-18/h1-16,26,30,33H,17H2,(H,31,34)/t26-/m0/s1. The normalized spacial score (nSPS) is 14.5. The van der Waals surface area contributed by atoms with Gasteiger partial charge in [-0.3, -0.25) is 15.0 Å². The molecule has 0 saturated carbocycles. The summed E-state index contributed by atoms with van der Waals surface area (Å²) in [5.74, 6) is -0.210. The average Bonchev–Trinajstić information content (AvgIpc) is 2.90. The van der Waals surface area contributed by atoms with E-state index in [1.165, 1.54) is 5.01 Å². The predicted octanol–water partition coefficient (Wildman–Crippen LogP) is 5.49. The van der Waals surface area contributed by atoms with Crippen molar-refractivity contribution in [2.24, 2.45) is 0 Å². The Bertz CT molecular complexity index is 1410. The first-order valence-corrected chi connectivity index (χ1v) is 12.3. The lowest BCUT2D eigenvalue weighted by Crippen LogP contribution is -2.52. The second-order valence-electron chi connectivity index (χ2n) is 8.21. The Morgan fingerprint density at radius 2 is 1.69 bits per heavy atom. The van der Waals surface area contributed by atoms with E-state index in [0.717, 1.165) is 9.13 Å². The first-order chi connectivity index (χ1) is 17.5. The van der Waals surface area contributed by atoms with Crippen molar-refractivity contribution in [3.63, 3.8) is 0 Å². The van der Waals surface area contributed by atoms with Crippen molar-refractivity contribution < 1.29 is 19.4 Å². The summed E-state index contributed by atoms with van der Waals surface area (Å²) in [6.45, 7) is 0.417. The van der Waals surface area contributed by atoms with Crippen LogP contribution in [0.15, 0.2) is 97.1 Å². The summed E-state index contributed by atoms with van der Waals surface area (Å²) < 4.78 is 6.69. The highest BCUT2D eigenvalue weighted by molar-refractivity contribution is 14.1. The Morgan fingerprint density at radius 3 is 2.44 bits per heavy atom. The largest absolute Gasteiger partial charge is 0.508 e. The van der Waals surface area contributed by atoms with Crippen LogP contribution >= 0.6 is 22.6 Å². The van der Waals surface area contributed by atoms with Crippen molar-refractivity contribution in [3.05, 3.63) is 123 Å². The number of fused-ring (bicyclic) bond motifs is 1. The van der Waals surface area contributed by atoms with Crippen LogP contribution in [0.2, 0.25) is 0 Å². The summed E-state index contributed by atoms with van der Waals surface area (Å²) in [4.78, 5) is 26.6. The molecule has 3 N–H and O–H groups in total. The zero-order valence-electron chi connectivity index (χ0n) is 19.0. The van der Waals surface area contributed by atoms with E-state index in [4.69, 9.17) is 4.74 Å². The molecule has 1 heterocycles. The van der Waals surface area contributed by atoms with Crippen molar-refractivity contribution >= 4 is 40.1 Å². The number of phenolic OH excluding ortho intramolecular Hbond substituents is 1. The minimum absolute atomic E-state index is 0.0101. The maximum absolute atomic E-state index is 13.5. The second kappa shape index (κ2) is 10.3. The van der Waals surface area contributed by atoms with Crippen LogP contribution in [0.5, 0.6) is 11.5 Å². The molecular formula is C28H22IN3O4. The summed E-state index contributed by atoms with van der Waals surface area (Å²) >= 11 is 2.14. The Balaban J connectivity index is 1.37. The molecule has 1 atom stereocenters.